The fourth-order valence-electron chi connectivity index (χ4n) is 0.758. The number of hydrogen-bond acceptors (Lipinski definition) is 2. The van der Waals surface area contributed by atoms with Gasteiger partial charge in [0.1, 0.15) is 5.54 Å². The first-order chi connectivity index (χ1) is 6.84. The van der Waals surface area contributed by atoms with Crippen LogP contribution in [0.2, 0.25) is 0 Å². The highest BCUT2D eigenvalue weighted by Gasteiger charge is 2.34. The first kappa shape index (κ1) is 13.3. The number of nitrogens with one attached hydrogen (secondary N) is 1. The van der Waals surface area contributed by atoms with Crippen LogP contribution in [-0.4, -0.2) is 41.1 Å². The number of carboxylic acid groups (broad SMARTS) is 1. The van der Waals surface area contributed by atoms with Gasteiger partial charge in [0, 0.05) is 20.0 Å². The van der Waals surface area contributed by atoms with Gasteiger partial charge in [-0.05, 0) is 13.8 Å². The molecule has 0 bridgehead atoms. The Kier molecular flexibility index (Phi) is 4.65. The molecular weight excluding hydrogens is 196 g/mol. The number of carbonyl (C=O) groups excluding carboxylic acids is 1. The minimum Gasteiger partial charge on any atom is -0.480 e. The van der Waals surface area contributed by atoms with E-state index < -0.39 is 17.5 Å². The van der Waals surface area contributed by atoms with Gasteiger partial charge in [-0.25, -0.2) is 9.59 Å². The standard InChI is InChI=1S/C10H16N2O3/c1-5-6-7-11-9(15)12(4)10(2,3)8(13)14/h1H,6-7H2,2-4H3,(H,11,15)(H,13,14). The zero-order valence-corrected chi connectivity index (χ0v) is 9.20. The maximum absolute atomic E-state index is 11.5. The molecule has 0 unspecified atom stereocenters. The van der Waals surface area contributed by atoms with Crippen molar-refractivity contribution in [1.82, 2.24) is 10.2 Å². The van der Waals surface area contributed by atoms with E-state index in [0.29, 0.717) is 13.0 Å². The molecule has 0 saturated carbocycles. The minimum atomic E-state index is -1.24. The highest BCUT2D eigenvalue weighted by atomic mass is 16.4. The lowest BCUT2D eigenvalue weighted by molar-refractivity contribution is -0.146. The molecule has 0 fully saturated rings. The van der Waals surface area contributed by atoms with E-state index in [1.165, 1.54) is 20.9 Å². The van der Waals surface area contributed by atoms with Crippen molar-refractivity contribution in [3.63, 3.8) is 0 Å². The van der Waals surface area contributed by atoms with Crippen LogP contribution in [0, 0.1) is 12.3 Å². The molecule has 5 nitrogen and oxygen atoms in total. The van der Waals surface area contributed by atoms with Crippen LogP contribution in [0.4, 0.5) is 4.79 Å². The summed E-state index contributed by atoms with van der Waals surface area (Å²) in [6.45, 7) is 3.25. The molecular formula is C10H16N2O3. The first-order valence-electron chi connectivity index (χ1n) is 4.52. The van der Waals surface area contributed by atoms with Gasteiger partial charge in [-0.3, -0.25) is 0 Å². The molecule has 0 aromatic carbocycles. The summed E-state index contributed by atoms with van der Waals surface area (Å²) in [5.74, 6) is 1.32. The average Bonchev–Trinajstić information content (AvgIpc) is 2.16. The molecule has 84 valence electrons. The molecule has 0 aliphatic carbocycles. The largest absolute Gasteiger partial charge is 0.480 e. The molecule has 0 rings (SSSR count). The van der Waals surface area contributed by atoms with E-state index in [4.69, 9.17) is 11.5 Å². The van der Waals surface area contributed by atoms with E-state index >= 15 is 0 Å². The number of amides is 2. The zero-order valence-electron chi connectivity index (χ0n) is 9.20. The predicted molar refractivity (Wildman–Crippen MR) is 56.3 cm³/mol. The van der Waals surface area contributed by atoms with Crippen LogP contribution < -0.4 is 5.32 Å². The molecule has 0 saturated heterocycles. The van der Waals surface area contributed by atoms with E-state index in [9.17, 15) is 9.59 Å². The molecule has 2 N–H and O–H groups in total. The van der Waals surface area contributed by atoms with Gasteiger partial charge in [0.15, 0.2) is 0 Å². The topological polar surface area (TPSA) is 69.6 Å². The number of aliphatic carboxylic acids is 1. The summed E-state index contributed by atoms with van der Waals surface area (Å²) >= 11 is 0. The van der Waals surface area contributed by atoms with Crippen molar-refractivity contribution in [2.24, 2.45) is 0 Å². The molecule has 15 heavy (non-hydrogen) atoms. The summed E-state index contributed by atoms with van der Waals surface area (Å²) < 4.78 is 0. The van der Waals surface area contributed by atoms with Crippen LogP contribution in [0.25, 0.3) is 0 Å². The van der Waals surface area contributed by atoms with Gasteiger partial charge in [-0.2, -0.15) is 0 Å². The summed E-state index contributed by atoms with van der Waals surface area (Å²) in [7, 11) is 1.43. The third kappa shape index (κ3) is 3.50. The van der Waals surface area contributed by atoms with E-state index in [-0.39, 0.29) is 0 Å². The molecule has 0 atom stereocenters. The Hall–Kier alpha value is -1.70. The first-order valence-corrected chi connectivity index (χ1v) is 4.52. The lowest BCUT2D eigenvalue weighted by Crippen LogP contribution is -2.54. The normalized spacial score (nSPS) is 10.3. The van der Waals surface area contributed by atoms with Gasteiger partial charge in [-0.1, -0.05) is 0 Å². The lowest BCUT2D eigenvalue weighted by atomic mass is 10.1. The van der Waals surface area contributed by atoms with E-state index in [0.717, 1.165) is 4.90 Å². The van der Waals surface area contributed by atoms with Crippen molar-refractivity contribution < 1.29 is 14.7 Å². The monoisotopic (exact) mass is 212 g/mol. The Morgan fingerprint density at radius 1 is 1.53 bits per heavy atom. The lowest BCUT2D eigenvalue weighted by Gasteiger charge is -2.31. The average molecular weight is 212 g/mol. The number of rotatable bonds is 4. The molecule has 0 heterocycles. The van der Waals surface area contributed by atoms with E-state index in [1.807, 2.05) is 0 Å². The number of carboxylic acids is 1. The van der Waals surface area contributed by atoms with Crippen LogP contribution in [0.3, 0.4) is 0 Å². The Balaban J connectivity index is 4.33. The Labute approximate surface area is 89.4 Å². The van der Waals surface area contributed by atoms with Crippen molar-refractivity contribution >= 4 is 12.0 Å². The third-order valence-electron chi connectivity index (χ3n) is 2.21. The molecule has 0 spiro atoms. The van der Waals surface area contributed by atoms with Crippen LogP contribution in [0.5, 0.6) is 0 Å². The smallest absolute Gasteiger partial charge is 0.329 e. The van der Waals surface area contributed by atoms with Gasteiger partial charge >= 0.3 is 12.0 Å². The molecule has 0 aromatic heterocycles. The number of urea groups is 1. The second-order valence-electron chi connectivity index (χ2n) is 3.61. The van der Waals surface area contributed by atoms with Crippen molar-refractivity contribution in [2.45, 2.75) is 25.8 Å². The van der Waals surface area contributed by atoms with Gasteiger partial charge in [-0.15, -0.1) is 12.3 Å². The number of likely N-dealkylation sites (N-methyl/N-ethyl adjacent to an activating group) is 1. The quantitative estimate of drug-likeness (QED) is 0.527. The zero-order chi connectivity index (χ0) is 12.1. The van der Waals surface area contributed by atoms with Crippen molar-refractivity contribution in [3.8, 4) is 12.3 Å². The fourth-order valence-corrected chi connectivity index (χ4v) is 0.758. The second kappa shape index (κ2) is 5.25. The van der Waals surface area contributed by atoms with Gasteiger partial charge in [0.25, 0.3) is 0 Å². The summed E-state index contributed by atoms with van der Waals surface area (Å²) in [6.07, 6.45) is 5.44. The maximum atomic E-state index is 11.5. The SMILES string of the molecule is C#CCCNC(=O)N(C)C(C)(C)C(=O)O. The fraction of sp³-hybridized carbons (Fsp3) is 0.600. The molecule has 0 aromatic rings. The van der Waals surface area contributed by atoms with Gasteiger partial charge in [0.05, 0.1) is 0 Å². The maximum Gasteiger partial charge on any atom is 0.329 e. The number of nitrogens with zero attached hydrogens (tertiary/aromatic N) is 1. The molecule has 0 radical (unpaired) electrons. The highest BCUT2D eigenvalue weighted by Crippen LogP contribution is 2.12. The molecule has 5 heteroatoms. The summed E-state index contributed by atoms with van der Waals surface area (Å²) in [6, 6.07) is -0.447. The number of hydrogen-bond donors (Lipinski definition) is 2. The summed E-state index contributed by atoms with van der Waals surface area (Å²) in [5, 5.41) is 11.4. The van der Waals surface area contributed by atoms with Gasteiger partial charge < -0.3 is 15.3 Å². The summed E-state index contributed by atoms with van der Waals surface area (Å²) in [4.78, 5) is 23.4. The Bertz CT molecular complexity index is 292. The van der Waals surface area contributed by atoms with E-state index in [2.05, 4.69) is 11.2 Å². The van der Waals surface area contributed by atoms with E-state index in [1.54, 1.807) is 0 Å². The molecule has 0 aliphatic rings. The summed E-state index contributed by atoms with van der Waals surface area (Å²) in [5.41, 5.74) is -1.24. The minimum absolute atomic E-state index is 0.343. The highest BCUT2D eigenvalue weighted by molar-refractivity contribution is 5.85. The Morgan fingerprint density at radius 3 is 2.47 bits per heavy atom. The van der Waals surface area contributed by atoms with Crippen molar-refractivity contribution in [1.29, 1.82) is 0 Å². The number of terminal acetylenes is 1. The third-order valence-corrected chi connectivity index (χ3v) is 2.21. The second-order valence-corrected chi connectivity index (χ2v) is 3.61. The van der Waals surface area contributed by atoms with Crippen molar-refractivity contribution in [2.75, 3.05) is 13.6 Å². The number of carbonyl (C=O) groups is 2. The van der Waals surface area contributed by atoms with Gasteiger partial charge in [0.2, 0.25) is 0 Å². The molecule has 0 aliphatic heterocycles. The van der Waals surface area contributed by atoms with Crippen LogP contribution in [-0.2, 0) is 4.79 Å². The predicted octanol–water partition coefficient (Wildman–Crippen LogP) is 0.514. The van der Waals surface area contributed by atoms with Crippen molar-refractivity contribution in [3.05, 3.63) is 0 Å². The van der Waals surface area contributed by atoms with Crippen LogP contribution >= 0.6 is 0 Å². The van der Waals surface area contributed by atoms with Crippen LogP contribution in [0.1, 0.15) is 20.3 Å². The molecule has 2 amide bonds. The Morgan fingerprint density at radius 2 is 2.07 bits per heavy atom. The van der Waals surface area contributed by atoms with Crippen LogP contribution in [0.15, 0.2) is 0 Å².